The van der Waals surface area contributed by atoms with Crippen LogP contribution in [0, 0.1) is 0 Å². The average Bonchev–Trinajstić information content (AvgIpc) is 3.48. The fourth-order valence-corrected chi connectivity index (χ4v) is 4.23. The highest BCUT2D eigenvalue weighted by atomic mass is 35.5. The first-order chi connectivity index (χ1) is 17.3. The SMILES string of the molecule is O=C1N(CCc2noc(-c3cccnc3)n2)C[C@H](c2cccc(C(F)(F)F)c2)N1c1ccc(Cl)cc1. The Balaban J connectivity index is 1.39. The Morgan fingerprint density at radius 3 is 2.61 bits per heavy atom. The van der Waals surface area contributed by atoms with Gasteiger partial charge in [0.15, 0.2) is 5.82 Å². The number of carbonyl (C=O) groups is 1. The monoisotopic (exact) mass is 513 g/mol. The van der Waals surface area contributed by atoms with Gasteiger partial charge in [-0.25, -0.2) is 4.79 Å². The smallest absolute Gasteiger partial charge is 0.334 e. The van der Waals surface area contributed by atoms with Crippen LogP contribution in [-0.4, -0.2) is 39.1 Å². The van der Waals surface area contributed by atoms with Gasteiger partial charge in [0.2, 0.25) is 0 Å². The lowest BCUT2D eigenvalue weighted by molar-refractivity contribution is -0.137. The predicted molar refractivity (Wildman–Crippen MR) is 126 cm³/mol. The zero-order chi connectivity index (χ0) is 25.3. The van der Waals surface area contributed by atoms with Crippen molar-refractivity contribution in [1.29, 1.82) is 0 Å². The van der Waals surface area contributed by atoms with Crippen LogP contribution in [0.2, 0.25) is 5.02 Å². The maximum atomic E-state index is 13.4. The van der Waals surface area contributed by atoms with Crippen molar-refractivity contribution in [3.05, 3.63) is 95.0 Å². The van der Waals surface area contributed by atoms with E-state index in [2.05, 4.69) is 15.1 Å². The number of alkyl halides is 3. The van der Waals surface area contributed by atoms with Crippen LogP contribution >= 0.6 is 11.6 Å². The minimum Gasteiger partial charge on any atom is -0.334 e. The molecule has 3 heterocycles. The Bertz CT molecular complexity index is 1360. The quantitative estimate of drug-likeness (QED) is 0.315. The van der Waals surface area contributed by atoms with E-state index < -0.39 is 17.8 Å². The molecule has 0 N–H and O–H groups in total. The number of benzene rings is 2. The lowest BCUT2D eigenvalue weighted by atomic mass is 10.0. The number of hydrogen-bond donors (Lipinski definition) is 0. The van der Waals surface area contributed by atoms with Crippen LogP contribution in [0.3, 0.4) is 0 Å². The third-order valence-electron chi connectivity index (χ3n) is 5.87. The molecule has 1 saturated heterocycles. The second-order valence-corrected chi connectivity index (χ2v) is 8.66. The highest BCUT2D eigenvalue weighted by Crippen LogP contribution is 2.37. The molecule has 0 unspecified atom stereocenters. The topological polar surface area (TPSA) is 75.4 Å². The summed E-state index contributed by atoms with van der Waals surface area (Å²) in [7, 11) is 0. The molecule has 5 rings (SSSR count). The molecule has 7 nitrogen and oxygen atoms in total. The van der Waals surface area contributed by atoms with Gasteiger partial charge in [0.1, 0.15) is 0 Å². The molecule has 1 aliphatic heterocycles. The van der Waals surface area contributed by atoms with Crippen LogP contribution < -0.4 is 4.90 Å². The van der Waals surface area contributed by atoms with Crippen LogP contribution in [0.5, 0.6) is 0 Å². The lowest BCUT2D eigenvalue weighted by Gasteiger charge is -2.24. The number of anilines is 1. The van der Waals surface area contributed by atoms with Gasteiger partial charge in [0, 0.05) is 42.6 Å². The summed E-state index contributed by atoms with van der Waals surface area (Å²) < 4.78 is 45.4. The number of amides is 2. The van der Waals surface area contributed by atoms with Gasteiger partial charge in [-0.2, -0.15) is 18.2 Å². The molecule has 0 bridgehead atoms. The molecule has 0 spiro atoms. The number of aromatic nitrogens is 3. The first-order valence-electron chi connectivity index (χ1n) is 11.0. The van der Waals surface area contributed by atoms with Crippen LogP contribution in [0.4, 0.5) is 23.7 Å². The Kier molecular flexibility index (Phi) is 6.36. The van der Waals surface area contributed by atoms with Gasteiger partial charge in [-0.15, -0.1) is 0 Å². The lowest BCUT2D eigenvalue weighted by Crippen LogP contribution is -2.33. The van der Waals surface area contributed by atoms with Crippen molar-refractivity contribution in [3.63, 3.8) is 0 Å². The molecule has 1 aliphatic rings. The molecule has 11 heteroatoms. The maximum Gasteiger partial charge on any atom is 0.416 e. The van der Waals surface area contributed by atoms with Crippen molar-refractivity contribution in [2.75, 3.05) is 18.0 Å². The summed E-state index contributed by atoms with van der Waals surface area (Å²) in [5.74, 6) is 0.720. The largest absolute Gasteiger partial charge is 0.416 e. The number of hydrogen-bond acceptors (Lipinski definition) is 5. The normalized spacial score (nSPS) is 16.1. The van der Waals surface area contributed by atoms with Crippen molar-refractivity contribution in [2.45, 2.75) is 18.6 Å². The summed E-state index contributed by atoms with van der Waals surface area (Å²) in [6.07, 6.45) is -0.953. The Hall–Kier alpha value is -3.92. The fraction of sp³-hybridized carbons (Fsp3) is 0.200. The van der Waals surface area contributed by atoms with Crippen LogP contribution in [-0.2, 0) is 12.6 Å². The van der Waals surface area contributed by atoms with Gasteiger partial charge in [-0.3, -0.25) is 9.88 Å². The molecule has 0 aliphatic carbocycles. The first kappa shape index (κ1) is 23.8. The predicted octanol–water partition coefficient (Wildman–Crippen LogP) is 6.03. The molecule has 1 atom stereocenters. The summed E-state index contributed by atoms with van der Waals surface area (Å²) in [5.41, 5.74) is 0.825. The number of rotatable bonds is 6. The summed E-state index contributed by atoms with van der Waals surface area (Å²) in [4.78, 5) is 24.9. The third-order valence-corrected chi connectivity index (χ3v) is 6.12. The van der Waals surface area contributed by atoms with Crippen LogP contribution in [0.15, 0.2) is 77.6 Å². The molecule has 0 saturated carbocycles. The zero-order valence-corrected chi connectivity index (χ0v) is 19.4. The third kappa shape index (κ3) is 4.90. The van der Waals surface area contributed by atoms with E-state index in [1.54, 1.807) is 59.8 Å². The summed E-state index contributed by atoms with van der Waals surface area (Å²) in [6.45, 7) is 0.445. The summed E-state index contributed by atoms with van der Waals surface area (Å²) in [6, 6.07) is 14.2. The van der Waals surface area contributed by atoms with Gasteiger partial charge < -0.3 is 9.42 Å². The molecular formula is C25H19ClF3N5O2. The average molecular weight is 514 g/mol. The Morgan fingerprint density at radius 1 is 1.08 bits per heavy atom. The van der Waals surface area contributed by atoms with E-state index in [0.717, 1.165) is 12.1 Å². The Labute approximate surface area is 209 Å². The van der Waals surface area contributed by atoms with Crippen molar-refractivity contribution in [2.24, 2.45) is 0 Å². The minimum atomic E-state index is -4.49. The second-order valence-electron chi connectivity index (χ2n) is 8.22. The van der Waals surface area contributed by atoms with E-state index in [1.807, 2.05) is 0 Å². The van der Waals surface area contributed by atoms with Gasteiger partial charge in [0.25, 0.3) is 5.89 Å². The first-order valence-corrected chi connectivity index (χ1v) is 11.4. The van der Waals surface area contributed by atoms with E-state index in [1.165, 1.54) is 11.0 Å². The molecule has 2 aromatic heterocycles. The Morgan fingerprint density at radius 2 is 1.89 bits per heavy atom. The van der Waals surface area contributed by atoms with Gasteiger partial charge in [-0.1, -0.05) is 28.9 Å². The van der Waals surface area contributed by atoms with Gasteiger partial charge >= 0.3 is 12.2 Å². The summed E-state index contributed by atoms with van der Waals surface area (Å²) in [5, 5.41) is 4.46. The molecule has 36 heavy (non-hydrogen) atoms. The van der Waals surface area contributed by atoms with Crippen LogP contribution in [0.1, 0.15) is 23.0 Å². The number of halogens is 4. The van der Waals surface area contributed by atoms with Gasteiger partial charge in [0.05, 0.1) is 17.2 Å². The number of carbonyl (C=O) groups excluding carboxylic acids is 1. The van der Waals surface area contributed by atoms with E-state index in [9.17, 15) is 18.0 Å². The number of urea groups is 1. The molecule has 1 fully saturated rings. The number of nitrogens with zero attached hydrogens (tertiary/aromatic N) is 5. The molecule has 4 aromatic rings. The van der Waals surface area contributed by atoms with Gasteiger partial charge in [-0.05, 0) is 54.1 Å². The van der Waals surface area contributed by atoms with Crippen molar-refractivity contribution < 1.29 is 22.5 Å². The minimum absolute atomic E-state index is 0.191. The van der Waals surface area contributed by atoms with Crippen molar-refractivity contribution in [1.82, 2.24) is 20.0 Å². The summed E-state index contributed by atoms with van der Waals surface area (Å²) >= 11 is 6.01. The standard InChI is InChI=1S/C25H19ClF3N5O2/c26-19-6-8-20(9-7-19)34-21(16-3-1-5-18(13-16)25(27,28)29)15-33(24(34)35)12-10-22-31-23(36-32-22)17-4-2-11-30-14-17/h1-9,11,13-14,21H,10,12,15H2/t21-/m1/s1. The maximum absolute atomic E-state index is 13.4. The second kappa shape index (κ2) is 9.62. The van der Waals surface area contributed by atoms with E-state index in [0.29, 0.717) is 40.0 Å². The van der Waals surface area contributed by atoms with E-state index >= 15 is 0 Å². The number of pyridine rings is 1. The fourth-order valence-electron chi connectivity index (χ4n) is 4.11. The van der Waals surface area contributed by atoms with Crippen molar-refractivity contribution in [3.8, 4) is 11.5 Å². The van der Waals surface area contributed by atoms with Crippen molar-refractivity contribution >= 4 is 23.3 Å². The zero-order valence-electron chi connectivity index (χ0n) is 18.7. The highest BCUT2D eigenvalue weighted by molar-refractivity contribution is 6.30. The van der Waals surface area contributed by atoms with E-state index in [4.69, 9.17) is 16.1 Å². The van der Waals surface area contributed by atoms with Crippen LogP contribution in [0.25, 0.3) is 11.5 Å². The molecule has 0 radical (unpaired) electrons. The molecule has 184 valence electrons. The van der Waals surface area contributed by atoms with E-state index in [-0.39, 0.29) is 19.1 Å². The molecular weight excluding hydrogens is 495 g/mol. The molecule has 2 aromatic carbocycles. The highest BCUT2D eigenvalue weighted by Gasteiger charge is 2.40. The molecule has 2 amide bonds.